The third-order valence-electron chi connectivity index (χ3n) is 2.39. The molecule has 0 unspecified atom stereocenters. The molecule has 2 rings (SSSR count). The Labute approximate surface area is 92.1 Å². The SMILES string of the molecule is COc1cnc(-c2[nH]c(C)c(CN)c2O)o1. The summed E-state index contributed by atoms with van der Waals surface area (Å²) in [7, 11) is 1.48. The van der Waals surface area contributed by atoms with Gasteiger partial charge in [-0.3, -0.25) is 0 Å². The van der Waals surface area contributed by atoms with E-state index in [9.17, 15) is 5.11 Å². The van der Waals surface area contributed by atoms with E-state index in [1.54, 1.807) is 0 Å². The molecule has 0 aliphatic carbocycles. The van der Waals surface area contributed by atoms with Crippen LogP contribution >= 0.6 is 0 Å². The van der Waals surface area contributed by atoms with Crippen LogP contribution in [0.25, 0.3) is 11.6 Å². The summed E-state index contributed by atoms with van der Waals surface area (Å²) in [5.41, 5.74) is 7.39. The number of methoxy groups -OCH3 is 1. The number of nitrogens with two attached hydrogens (primary N) is 1. The molecule has 2 heterocycles. The van der Waals surface area contributed by atoms with E-state index in [4.69, 9.17) is 14.9 Å². The minimum atomic E-state index is 0.0736. The lowest BCUT2D eigenvalue weighted by Crippen LogP contribution is -1.96. The molecular formula is C10H13N3O3. The van der Waals surface area contributed by atoms with Crippen LogP contribution in [0, 0.1) is 6.92 Å². The van der Waals surface area contributed by atoms with E-state index in [0.717, 1.165) is 5.69 Å². The maximum absolute atomic E-state index is 9.89. The van der Waals surface area contributed by atoms with Gasteiger partial charge in [0.25, 0.3) is 5.89 Å². The smallest absolute Gasteiger partial charge is 0.305 e. The topological polar surface area (TPSA) is 97.3 Å². The van der Waals surface area contributed by atoms with Gasteiger partial charge in [0.05, 0.1) is 7.11 Å². The minimum absolute atomic E-state index is 0.0736. The molecule has 4 N–H and O–H groups in total. The molecule has 0 aromatic carbocycles. The number of rotatable bonds is 3. The zero-order valence-corrected chi connectivity index (χ0v) is 9.07. The number of nitrogens with one attached hydrogen (secondary N) is 1. The fourth-order valence-corrected chi connectivity index (χ4v) is 1.52. The summed E-state index contributed by atoms with van der Waals surface area (Å²) >= 11 is 0. The van der Waals surface area contributed by atoms with Crippen molar-refractivity contribution in [1.29, 1.82) is 0 Å². The molecule has 0 spiro atoms. The third kappa shape index (κ3) is 1.53. The summed E-state index contributed by atoms with van der Waals surface area (Å²) in [4.78, 5) is 6.96. The lowest BCUT2D eigenvalue weighted by Gasteiger charge is -1.95. The number of nitrogens with zero attached hydrogens (tertiary/aromatic N) is 1. The number of aromatic amines is 1. The molecule has 0 aliphatic rings. The van der Waals surface area contributed by atoms with E-state index in [1.807, 2.05) is 6.92 Å². The van der Waals surface area contributed by atoms with Crippen LogP contribution < -0.4 is 10.5 Å². The van der Waals surface area contributed by atoms with Crippen molar-refractivity contribution in [2.45, 2.75) is 13.5 Å². The Bertz CT molecular complexity index is 501. The highest BCUT2D eigenvalue weighted by Crippen LogP contribution is 2.34. The Hall–Kier alpha value is -1.95. The molecule has 2 aromatic heterocycles. The van der Waals surface area contributed by atoms with Gasteiger partial charge >= 0.3 is 5.95 Å². The molecule has 0 radical (unpaired) electrons. The van der Waals surface area contributed by atoms with Gasteiger partial charge in [-0.2, -0.15) is 0 Å². The van der Waals surface area contributed by atoms with Gasteiger partial charge < -0.3 is 25.0 Å². The number of aromatic nitrogens is 2. The molecule has 0 bridgehead atoms. The number of ether oxygens (including phenoxy) is 1. The van der Waals surface area contributed by atoms with Crippen LogP contribution in [0.15, 0.2) is 10.6 Å². The molecule has 0 aliphatic heterocycles. The van der Waals surface area contributed by atoms with Crippen molar-refractivity contribution < 1.29 is 14.3 Å². The first-order valence-electron chi connectivity index (χ1n) is 4.78. The van der Waals surface area contributed by atoms with Crippen LogP contribution in [0.5, 0.6) is 11.7 Å². The molecule has 0 saturated carbocycles. The third-order valence-corrected chi connectivity index (χ3v) is 2.39. The highest BCUT2D eigenvalue weighted by atomic mass is 16.6. The average molecular weight is 223 g/mol. The van der Waals surface area contributed by atoms with Gasteiger partial charge in [-0.15, -0.1) is 0 Å². The number of aromatic hydroxyl groups is 1. The van der Waals surface area contributed by atoms with Crippen molar-refractivity contribution >= 4 is 0 Å². The summed E-state index contributed by atoms with van der Waals surface area (Å²) in [5, 5.41) is 9.89. The quantitative estimate of drug-likeness (QED) is 0.725. The van der Waals surface area contributed by atoms with Crippen molar-refractivity contribution in [3.05, 3.63) is 17.5 Å². The van der Waals surface area contributed by atoms with Gasteiger partial charge in [0.1, 0.15) is 11.9 Å². The molecule has 0 amide bonds. The summed E-state index contributed by atoms with van der Waals surface area (Å²) in [6.07, 6.45) is 1.44. The number of H-pyrrole nitrogens is 1. The van der Waals surface area contributed by atoms with Crippen molar-refractivity contribution in [3.63, 3.8) is 0 Å². The Morgan fingerprint density at radius 3 is 2.88 bits per heavy atom. The molecule has 16 heavy (non-hydrogen) atoms. The summed E-state index contributed by atoms with van der Waals surface area (Å²) < 4.78 is 10.1. The highest BCUT2D eigenvalue weighted by molar-refractivity contribution is 5.63. The van der Waals surface area contributed by atoms with E-state index >= 15 is 0 Å². The summed E-state index contributed by atoms with van der Waals surface area (Å²) in [5.74, 6) is 0.637. The van der Waals surface area contributed by atoms with Crippen molar-refractivity contribution in [2.75, 3.05) is 7.11 Å². The van der Waals surface area contributed by atoms with Gasteiger partial charge in [0.2, 0.25) is 0 Å². The van der Waals surface area contributed by atoms with Crippen LogP contribution in [0.2, 0.25) is 0 Å². The van der Waals surface area contributed by atoms with Gasteiger partial charge in [-0.05, 0) is 6.92 Å². The van der Waals surface area contributed by atoms with Crippen LogP contribution in [0.1, 0.15) is 11.3 Å². The van der Waals surface area contributed by atoms with Crippen molar-refractivity contribution in [3.8, 4) is 23.3 Å². The monoisotopic (exact) mass is 223 g/mol. The lowest BCUT2D eigenvalue weighted by atomic mass is 10.2. The first-order valence-corrected chi connectivity index (χ1v) is 4.78. The molecule has 6 nitrogen and oxygen atoms in total. The number of aryl methyl sites for hydroxylation is 1. The second kappa shape index (κ2) is 3.90. The minimum Gasteiger partial charge on any atom is -0.505 e. The van der Waals surface area contributed by atoms with Gasteiger partial charge in [0.15, 0.2) is 5.75 Å². The molecular weight excluding hydrogens is 210 g/mol. The van der Waals surface area contributed by atoms with Crippen LogP contribution in [-0.4, -0.2) is 22.2 Å². The van der Waals surface area contributed by atoms with E-state index in [-0.39, 0.29) is 24.1 Å². The molecule has 0 fully saturated rings. The van der Waals surface area contributed by atoms with E-state index in [2.05, 4.69) is 9.97 Å². The molecule has 0 atom stereocenters. The molecule has 2 aromatic rings. The number of hydrogen-bond acceptors (Lipinski definition) is 5. The number of hydrogen-bond donors (Lipinski definition) is 3. The first-order chi connectivity index (χ1) is 7.67. The Balaban J connectivity index is 2.47. The fourth-order valence-electron chi connectivity index (χ4n) is 1.52. The maximum Gasteiger partial charge on any atom is 0.305 e. The standard InChI is InChI=1S/C10H13N3O3/c1-5-6(3-11)9(14)8(13-5)10-12-4-7(15-2)16-10/h4,13-14H,3,11H2,1-2H3. The van der Waals surface area contributed by atoms with Gasteiger partial charge in [0, 0.05) is 17.8 Å². The second-order valence-corrected chi connectivity index (χ2v) is 3.34. The zero-order valence-electron chi connectivity index (χ0n) is 9.07. The average Bonchev–Trinajstić information content (AvgIpc) is 2.83. The molecule has 6 heteroatoms. The molecule has 0 saturated heterocycles. The predicted molar refractivity (Wildman–Crippen MR) is 57.1 cm³/mol. The first kappa shape index (κ1) is 10.6. The Kier molecular flexibility index (Phi) is 2.57. The maximum atomic E-state index is 9.89. The highest BCUT2D eigenvalue weighted by Gasteiger charge is 2.18. The molecule has 86 valence electrons. The summed E-state index contributed by atoms with van der Waals surface area (Å²) in [6, 6.07) is 0. The van der Waals surface area contributed by atoms with Gasteiger partial charge in [-0.25, -0.2) is 4.98 Å². The van der Waals surface area contributed by atoms with Crippen LogP contribution in [-0.2, 0) is 6.54 Å². The van der Waals surface area contributed by atoms with Crippen LogP contribution in [0.4, 0.5) is 0 Å². The van der Waals surface area contributed by atoms with E-state index in [1.165, 1.54) is 13.3 Å². The second-order valence-electron chi connectivity index (χ2n) is 3.34. The normalized spacial score (nSPS) is 10.7. The largest absolute Gasteiger partial charge is 0.505 e. The van der Waals surface area contributed by atoms with Crippen molar-refractivity contribution in [2.24, 2.45) is 5.73 Å². The van der Waals surface area contributed by atoms with Gasteiger partial charge in [-0.1, -0.05) is 0 Å². The van der Waals surface area contributed by atoms with Crippen LogP contribution in [0.3, 0.4) is 0 Å². The zero-order chi connectivity index (χ0) is 11.7. The lowest BCUT2D eigenvalue weighted by molar-refractivity contribution is 0.308. The fraction of sp³-hybridized carbons (Fsp3) is 0.300. The van der Waals surface area contributed by atoms with Crippen molar-refractivity contribution in [1.82, 2.24) is 9.97 Å². The number of oxazole rings is 1. The predicted octanol–water partition coefficient (Wildman–Crippen LogP) is 1.15. The summed E-state index contributed by atoms with van der Waals surface area (Å²) in [6.45, 7) is 2.08. The Morgan fingerprint density at radius 2 is 2.38 bits per heavy atom. The van der Waals surface area contributed by atoms with E-state index < -0.39 is 0 Å². The van der Waals surface area contributed by atoms with E-state index in [0.29, 0.717) is 11.3 Å². The Morgan fingerprint density at radius 1 is 1.62 bits per heavy atom.